The van der Waals surface area contributed by atoms with Gasteiger partial charge in [0.15, 0.2) is 9.74 Å². The van der Waals surface area contributed by atoms with Crippen molar-refractivity contribution < 1.29 is 9.74 Å². The van der Waals surface area contributed by atoms with E-state index < -0.39 is 0 Å². The Kier molecular flexibility index (Phi) is 4.80. The summed E-state index contributed by atoms with van der Waals surface area (Å²) in [6.45, 7) is 1.78. The Morgan fingerprint density at radius 2 is 1.20 bits per heavy atom. The Bertz CT molecular complexity index is 896. The summed E-state index contributed by atoms with van der Waals surface area (Å²) in [7, 11) is 0. The third-order valence-electron chi connectivity index (χ3n) is 3.64. The molecule has 3 aromatic carbocycles. The molecule has 0 aromatic heterocycles. The zero-order chi connectivity index (χ0) is 17.6. The largest absolute Gasteiger partial charge is 0.295 e. The minimum absolute atomic E-state index is 0.415. The van der Waals surface area contributed by atoms with Gasteiger partial charge in [-0.1, -0.05) is 36.4 Å². The van der Waals surface area contributed by atoms with Crippen molar-refractivity contribution >= 4 is 22.7 Å². The van der Waals surface area contributed by atoms with Crippen LogP contribution in [-0.4, -0.2) is 9.74 Å². The summed E-state index contributed by atoms with van der Waals surface area (Å²) in [6, 6.07) is 23.2. The fraction of sp³-hybridized carbons (Fsp3) is 0.0526. The molecule has 0 spiro atoms. The average molecular weight is 334 g/mol. The van der Waals surface area contributed by atoms with Crippen LogP contribution in [-0.2, 0) is 0 Å². The van der Waals surface area contributed by atoms with Gasteiger partial charge in [-0.25, -0.2) is 0 Å². The molecule has 0 saturated heterocycles. The number of hydrazine groups is 2. The highest BCUT2D eigenvalue weighted by atomic mass is 16.3. The minimum atomic E-state index is 0.415. The summed E-state index contributed by atoms with van der Waals surface area (Å²) in [5, 5.41) is 0. The predicted octanol–water partition coefficient (Wildman–Crippen LogP) is 4.87. The first-order valence-corrected chi connectivity index (χ1v) is 7.82. The van der Waals surface area contributed by atoms with Gasteiger partial charge >= 0.3 is 0 Å². The van der Waals surface area contributed by atoms with Crippen LogP contribution in [0.3, 0.4) is 0 Å². The second-order valence-electron chi connectivity index (χ2n) is 5.52. The first-order chi connectivity index (χ1) is 12.1. The lowest BCUT2D eigenvalue weighted by Crippen LogP contribution is -2.13. The number of hydrogen-bond donors (Lipinski definition) is 2. The van der Waals surface area contributed by atoms with Gasteiger partial charge < -0.3 is 0 Å². The van der Waals surface area contributed by atoms with Crippen LogP contribution in [0.4, 0.5) is 22.7 Å². The molecule has 0 unspecified atom stereocenters. The summed E-state index contributed by atoms with van der Waals surface area (Å²) in [4.78, 5) is 25.9. The number of nitroso groups, excluding NO2 is 2. The van der Waals surface area contributed by atoms with Gasteiger partial charge in [0.2, 0.25) is 0 Å². The van der Waals surface area contributed by atoms with Gasteiger partial charge in [0.25, 0.3) is 11.4 Å². The van der Waals surface area contributed by atoms with Crippen molar-refractivity contribution in [3.8, 4) is 0 Å². The Hall–Kier alpha value is -3.54. The van der Waals surface area contributed by atoms with E-state index in [-0.39, 0.29) is 0 Å². The third-order valence-corrected chi connectivity index (χ3v) is 3.64. The molecule has 0 aliphatic rings. The van der Waals surface area contributed by atoms with Crippen molar-refractivity contribution in [3.05, 3.63) is 94.2 Å². The van der Waals surface area contributed by atoms with Gasteiger partial charge in [-0.2, -0.15) is 0 Å². The molecule has 0 aliphatic carbocycles. The second-order valence-corrected chi connectivity index (χ2v) is 5.52. The van der Waals surface area contributed by atoms with Gasteiger partial charge in [0.1, 0.15) is 11.4 Å². The van der Waals surface area contributed by atoms with Crippen molar-refractivity contribution in [2.75, 3.05) is 10.9 Å². The van der Waals surface area contributed by atoms with E-state index in [4.69, 9.17) is 0 Å². The highest BCUT2D eigenvalue weighted by molar-refractivity contribution is 5.49. The maximum Gasteiger partial charge on any atom is 0.295 e. The quantitative estimate of drug-likeness (QED) is 0.498. The van der Waals surface area contributed by atoms with Gasteiger partial charge in [-0.3, -0.25) is 0 Å². The maximum absolute atomic E-state index is 12.3. The van der Waals surface area contributed by atoms with Crippen LogP contribution in [0.1, 0.15) is 5.56 Å². The summed E-state index contributed by atoms with van der Waals surface area (Å²) >= 11 is 0. The van der Waals surface area contributed by atoms with Crippen LogP contribution in [0.15, 0.2) is 78.9 Å². The average Bonchev–Trinajstić information content (AvgIpc) is 2.63. The lowest BCUT2D eigenvalue weighted by atomic mass is 10.2. The number of anilines is 2. The van der Waals surface area contributed by atoms with E-state index in [0.717, 1.165) is 0 Å². The molecule has 0 amide bonds. The van der Waals surface area contributed by atoms with E-state index in [1.165, 1.54) is 0 Å². The summed E-state index contributed by atoms with van der Waals surface area (Å²) in [6.07, 6.45) is 0. The zero-order valence-electron chi connectivity index (χ0n) is 13.7. The molecule has 0 bridgehead atoms. The van der Waals surface area contributed by atoms with E-state index >= 15 is 0 Å². The van der Waals surface area contributed by atoms with E-state index in [0.29, 0.717) is 38.1 Å². The molecule has 3 rings (SSSR count). The molecule has 124 valence electrons. The molecule has 6 heteroatoms. The summed E-state index contributed by atoms with van der Waals surface area (Å²) in [5.74, 6) is 0. The first-order valence-electron chi connectivity index (χ1n) is 7.82. The molecular formula is C19H18N4O2+2. The molecule has 0 fully saturated rings. The van der Waals surface area contributed by atoms with E-state index in [1.54, 1.807) is 49.4 Å². The van der Waals surface area contributed by atoms with Crippen molar-refractivity contribution in [1.29, 1.82) is 0 Å². The van der Waals surface area contributed by atoms with Crippen LogP contribution in [0.25, 0.3) is 0 Å². The highest BCUT2D eigenvalue weighted by Gasteiger charge is 2.23. The fourth-order valence-electron chi connectivity index (χ4n) is 2.38. The highest BCUT2D eigenvalue weighted by Crippen LogP contribution is 2.24. The predicted molar refractivity (Wildman–Crippen MR) is 97.9 cm³/mol. The number of rotatable bonds is 6. The monoisotopic (exact) mass is 334 g/mol. The van der Waals surface area contributed by atoms with Crippen LogP contribution >= 0.6 is 0 Å². The topological polar surface area (TPSA) is 64.2 Å². The molecule has 6 nitrogen and oxygen atoms in total. The van der Waals surface area contributed by atoms with E-state index in [9.17, 15) is 9.81 Å². The molecule has 2 N–H and O–H groups in total. The Morgan fingerprint density at radius 1 is 0.680 bits per heavy atom. The van der Waals surface area contributed by atoms with Gasteiger partial charge in [-0.05, 0) is 31.2 Å². The molecule has 0 saturated carbocycles. The minimum Gasteiger partial charge on any atom is -0.114 e. The molecule has 0 atom stereocenters. The number of hydrogen-bond acceptors (Lipinski definition) is 2. The van der Waals surface area contributed by atoms with Crippen LogP contribution < -0.4 is 10.9 Å². The molecule has 0 aliphatic heterocycles. The number of aryl methyl sites for hydroxylation is 1. The van der Waals surface area contributed by atoms with Crippen LogP contribution in [0.5, 0.6) is 0 Å². The number of benzene rings is 3. The summed E-state index contributed by atoms with van der Waals surface area (Å²) in [5.41, 5.74) is 8.43. The van der Waals surface area contributed by atoms with Gasteiger partial charge in [-0.15, -0.1) is 10.9 Å². The Labute approximate surface area is 145 Å². The molecule has 25 heavy (non-hydrogen) atoms. The lowest BCUT2D eigenvalue weighted by Gasteiger charge is -2.00. The number of nitrogens with one attached hydrogen (secondary N) is 2. The maximum atomic E-state index is 12.3. The normalized spacial score (nSPS) is 10.1. The second kappa shape index (κ2) is 7.35. The fourth-order valence-corrected chi connectivity index (χ4v) is 2.38. The van der Waals surface area contributed by atoms with Gasteiger partial charge in [0, 0.05) is 23.8 Å². The van der Waals surface area contributed by atoms with Crippen molar-refractivity contribution in [1.82, 2.24) is 0 Å². The van der Waals surface area contributed by atoms with Crippen LogP contribution in [0, 0.1) is 16.7 Å². The van der Waals surface area contributed by atoms with Gasteiger partial charge in [0.05, 0.1) is 9.81 Å². The Morgan fingerprint density at radius 3 is 1.72 bits per heavy atom. The zero-order valence-corrected chi connectivity index (χ0v) is 13.7. The van der Waals surface area contributed by atoms with Crippen molar-refractivity contribution in [3.63, 3.8) is 0 Å². The molecule has 0 heterocycles. The SMILES string of the molecule is Cc1cc([N+](=O)Nc2ccccc2)ccc1[N+](=O)Nc1ccccc1. The molecule has 0 radical (unpaired) electrons. The van der Waals surface area contributed by atoms with Crippen LogP contribution in [0.2, 0.25) is 0 Å². The number of para-hydroxylation sites is 2. The molecular weight excluding hydrogens is 316 g/mol. The standard InChI is InChI=1S/C19H18N4O2/c1-15-14-18(22(24)20-16-8-4-2-5-9-16)12-13-19(15)23(25)21-17-10-6-3-7-11-17/h2-14H,1H3,(H,20,24)(H,21,25)/q+2. The third kappa shape index (κ3) is 4.06. The van der Waals surface area contributed by atoms with E-state index in [1.807, 2.05) is 36.4 Å². The lowest BCUT2D eigenvalue weighted by molar-refractivity contribution is -0.432. The van der Waals surface area contributed by atoms with E-state index in [2.05, 4.69) is 10.9 Å². The van der Waals surface area contributed by atoms with Crippen molar-refractivity contribution in [2.45, 2.75) is 6.92 Å². The number of nitrogens with zero attached hydrogens (tertiary/aromatic N) is 2. The molecule has 3 aromatic rings. The van der Waals surface area contributed by atoms with Crippen molar-refractivity contribution in [2.24, 2.45) is 0 Å². The Balaban J connectivity index is 1.74. The summed E-state index contributed by atoms with van der Waals surface area (Å²) < 4.78 is 0. The first kappa shape index (κ1) is 16.3. The smallest absolute Gasteiger partial charge is 0.114 e.